The second-order valence-electron chi connectivity index (χ2n) is 10.1. The zero-order chi connectivity index (χ0) is 16.5. The Kier molecular flexibility index (Phi) is 3.46. The van der Waals surface area contributed by atoms with Crippen LogP contribution in [0.4, 0.5) is 0 Å². The van der Waals surface area contributed by atoms with Crippen molar-refractivity contribution < 1.29 is 9.90 Å². The maximum atomic E-state index is 11.8. The van der Waals surface area contributed by atoms with Crippen LogP contribution in [0.2, 0.25) is 0 Å². The summed E-state index contributed by atoms with van der Waals surface area (Å²) in [7, 11) is 0. The van der Waals surface area contributed by atoms with E-state index in [-0.39, 0.29) is 11.3 Å². The van der Waals surface area contributed by atoms with E-state index in [0.29, 0.717) is 16.7 Å². The number of rotatable bonds is 1. The van der Waals surface area contributed by atoms with Crippen LogP contribution in [0.15, 0.2) is 0 Å². The molecule has 1 N–H and O–H groups in total. The zero-order valence-corrected chi connectivity index (χ0v) is 15.2. The minimum Gasteiger partial charge on any atom is -0.481 e. The Morgan fingerprint density at radius 1 is 0.870 bits per heavy atom. The van der Waals surface area contributed by atoms with E-state index in [4.69, 9.17) is 0 Å². The third-order valence-corrected chi connectivity index (χ3v) is 9.64. The van der Waals surface area contributed by atoms with Gasteiger partial charge >= 0.3 is 5.97 Å². The molecule has 0 amide bonds. The molecule has 0 unspecified atom stereocenters. The lowest BCUT2D eigenvalue weighted by Gasteiger charge is -2.64. The summed E-state index contributed by atoms with van der Waals surface area (Å²) >= 11 is 0. The molecule has 2 nitrogen and oxygen atoms in total. The van der Waals surface area contributed by atoms with Crippen LogP contribution in [-0.2, 0) is 4.79 Å². The van der Waals surface area contributed by atoms with E-state index >= 15 is 0 Å². The predicted molar refractivity (Wildman–Crippen MR) is 92.1 cm³/mol. The number of hydrogen-bond acceptors (Lipinski definition) is 1. The molecule has 4 aliphatic rings. The van der Waals surface area contributed by atoms with Gasteiger partial charge in [-0.1, -0.05) is 33.6 Å². The quantitative estimate of drug-likeness (QED) is 0.692. The lowest BCUT2D eigenvalue weighted by atomic mass is 9.40. The standard InChI is InChI=1S/C21H34O2/c1-19-10-4-5-11-21(19,3)16-9-13-20(2)15(14(16)8-12-19)6-7-17(20)18(22)23/h14-17H,4-13H2,1-3H3,(H,22,23)/t14-,15-,16-,17+,19-,20-,21+/m0/s1. The van der Waals surface area contributed by atoms with Gasteiger partial charge in [0.15, 0.2) is 0 Å². The highest BCUT2D eigenvalue weighted by molar-refractivity contribution is 5.71. The van der Waals surface area contributed by atoms with Gasteiger partial charge in [0.25, 0.3) is 0 Å². The Bertz CT molecular complexity index is 514. The molecule has 2 heteroatoms. The molecule has 0 aromatic carbocycles. The Hall–Kier alpha value is -0.530. The van der Waals surface area contributed by atoms with Gasteiger partial charge in [-0.15, -0.1) is 0 Å². The molecular formula is C21H34O2. The van der Waals surface area contributed by atoms with Gasteiger partial charge < -0.3 is 5.11 Å². The molecule has 23 heavy (non-hydrogen) atoms. The highest BCUT2D eigenvalue weighted by atomic mass is 16.4. The monoisotopic (exact) mass is 318 g/mol. The van der Waals surface area contributed by atoms with Crippen molar-refractivity contribution in [3.63, 3.8) is 0 Å². The minimum absolute atomic E-state index is 0.0752. The molecule has 4 saturated carbocycles. The van der Waals surface area contributed by atoms with Gasteiger partial charge in [-0.05, 0) is 85.4 Å². The summed E-state index contributed by atoms with van der Waals surface area (Å²) < 4.78 is 0. The molecule has 7 atom stereocenters. The number of carboxylic acids is 1. The summed E-state index contributed by atoms with van der Waals surface area (Å²) in [5.74, 6) is 1.71. The Balaban J connectivity index is 1.66. The zero-order valence-electron chi connectivity index (χ0n) is 15.2. The first-order valence-electron chi connectivity index (χ1n) is 10.0. The lowest BCUT2D eigenvalue weighted by molar-refractivity contribution is -0.163. The second kappa shape index (κ2) is 4.99. The van der Waals surface area contributed by atoms with Crippen molar-refractivity contribution in [2.45, 2.75) is 85.0 Å². The fourth-order valence-electron chi connectivity index (χ4n) is 8.01. The SMILES string of the molecule is C[C@]12CC[C@H]3[C@@H](CC[C@]4(C)CCCC[C@]34C)[C@@H]1CC[C@@H]2C(=O)O. The molecule has 0 saturated heterocycles. The van der Waals surface area contributed by atoms with E-state index < -0.39 is 5.97 Å². The minimum atomic E-state index is -0.530. The van der Waals surface area contributed by atoms with Crippen LogP contribution in [0.3, 0.4) is 0 Å². The highest BCUT2D eigenvalue weighted by Gasteiger charge is 2.63. The normalized spacial score (nSPS) is 55.6. The van der Waals surface area contributed by atoms with Gasteiger partial charge in [-0.25, -0.2) is 0 Å². The molecule has 0 aliphatic heterocycles. The van der Waals surface area contributed by atoms with E-state index in [2.05, 4.69) is 20.8 Å². The van der Waals surface area contributed by atoms with Crippen molar-refractivity contribution in [2.24, 2.45) is 39.9 Å². The van der Waals surface area contributed by atoms with E-state index in [0.717, 1.165) is 24.7 Å². The summed E-state index contributed by atoms with van der Waals surface area (Å²) in [5.41, 5.74) is 1.13. The van der Waals surface area contributed by atoms with Crippen molar-refractivity contribution in [3.8, 4) is 0 Å². The van der Waals surface area contributed by atoms with Crippen LogP contribution in [0.25, 0.3) is 0 Å². The Labute approximate surface area is 141 Å². The largest absolute Gasteiger partial charge is 0.481 e. The lowest BCUT2D eigenvalue weighted by Crippen LogP contribution is -2.56. The average molecular weight is 319 g/mol. The molecule has 0 spiro atoms. The van der Waals surface area contributed by atoms with E-state index in [1.54, 1.807) is 0 Å². The molecule has 0 heterocycles. The Morgan fingerprint density at radius 2 is 1.61 bits per heavy atom. The van der Waals surface area contributed by atoms with Crippen LogP contribution in [0.5, 0.6) is 0 Å². The summed E-state index contributed by atoms with van der Waals surface area (Å²) in [6, 6.07) is 0. The first kappa shape index (κ1) is 16.0. The van der Waals surface area contributed by atoms with Gasteiger partial charge in [-0.2, -0.15) is 0 Å². The van der Waals surface area contributed by atoms with Gasteiger partial charge in [-0.3, -0.25) is 4.79 Å². The highest BCUT2D eigenvalue weighted by Crippen LogP contribution is 2.70. The molecule has 0 aromatic rings. The molecule has 130 valence electrons. The van der Waals surface area contributed by atoms with Gasteiger partial charge in [0.2, 0.25) is 0 Å². The van der Waals surface area contributed by atoms with Crippen molar-refractivity contribution >= 4 is 5.97 Å². The number of carbonyl (C=O) groups is 1. The maximum Gasteiger partial charge on any atom is 0.307 e. The van der Waals surface area contributed by atoms with Crippen molar-refractivity contribution in [2.75, 3.05) is 0 Å². The number of aliphatic carboxylic acids is 1. The second-order valence-corrected chi connectivity index (χ2v) is 10.1. The van der Waals surface area contributed by atoms with E-state index in [1.165, 1.54) is 51.4 Å². The van der Waals surface area contributed by atoms with Crippen LogP contribution in [0.1, 0.15) is 85.0 Å². The Morgan fingerprint density at radius 3 is 2.35 bits per heavy atom. The first-order valence-corrected chi connectivity index (χ1v) is 10.0. The first-order chi connectivity index (χ1) is 10.8. The summed E-state index contributed by atoms with van der Waals surface area (Å²) in [6.45, 7) is 7.50. The van der Waals surface area contributed by atoms with Gasteiger partial charge in [0, 0.05) is 0 Å². The van der Waals surface area contributed by atoms with E-state index in [9.17, 15) is 9.90 Å². The molecule has 4 fully saturated rings. The van der Waals surface area contributed by atoms with Crippen LogP contribution in [-0.4, -0.2) is 11.1 Å². The number of fused-ring (bicyclic) bond motifs is 5. The van der Waals surface area contributed by atoms with Crippen LogP contribution in [0, 0.1) is 39.9 Å². The third kappa shape index (κ3) is 1.96. The predicted octanol–water partition coefficient (Wildman–Crippen LogP) is 5.51. The third-order valence-electron chi connectivity index (χ3n) is 9.64. The molecule has 0 radical (unpaired) electrons. The van der Waals surface area contributed by atoms with Crippen molar-refractivity contribution in [3.05, 3.63) is 0 Å². The summed E-state index contributed by atoms with van der Waals surface area (Å²) in [4.78, 5) is 11.8. The average Bonchev–Trinajstić information content (AvgIpc) is 2.85. The van der Waals surface area contributed by atoms with Crippen molar-refractivity contribution in [1.82, 2.24) is 0 Å². The molecule has 0 bridgehead atoms. The summed E-state index contributed by atoms with van der Waals surface area (Å²) in [6.07, 6.45) is 13.0. The fourth-order valence-corrected chi connectivity index (χ4v) is 8.01. The van der Waals surface area contributed by atoms with Crippen molar-refractivity contribution in [1.29, 1.82) is 0 Å². The van der Waals surface area contributed by atoms with Crippen LogP contribution < -0.4 is 0 Å². The molecular weight excluding hydrogens is 284 g/mol. The molecule has 0 aromatic heterocycles. The number of carboxylic acid groups (broad SMARTS) is 1. The fraction of sp³-hybridized carbons (Fsp3) is 0.952. The van der Waals surface area contributed by atoms with Crippen LogP contribution >= 0.6 is 0 Å². The van der Waals surface area contributed by atoms with Gasteiger partial charge in [0.1, 0.15) is 0 Å². The number of hydrogen-bond donors (Lipinski definition) is 1. The molecule has 4 aliphatic carbocycles. The van der Waals surface area contributed by atoms with Gasteiger partial charge in [0.05, 0.1) is 5.92 Å². The topological polar surface area (TPSA) is 37.3 Å². The smallest absolute Gasteiger partial charge is 0.307 e. The summed E-state index contributed by atoms with van der Waals surface area (Å²) in [5, 5.41) is 9.69. The maximum absolute atomic E-state index is 11.8. The molecule has 4 rings (SSSR count). The van der Waals surface area contributed by atoms with E-state index in [1.807, 2.05) is 0 Å².